The number of allylic oxidation sites excluding steroid dienone is 2. The number of hydrogen-bond donors (Lipinski definition) is 1. The van der Waals surface area contributed by atoms with Crippen LogP contribution in [0.25, 0.3) is 0 Å². The first-order valence-electron chi connectivity index (χ1n) is 6.49. The van der Waals surface area contributed by atoms with E-state index in [0.29, 0.717) is 12.3 Å². The van der Waals surface area contributed by atoms with Crippen molar-refractivity contribution in [3.05, 3.63) is 53.9 Å². The molecule has 0 radical (unpaired) electrons. The van der Waals surface area contributed by atoms with Crippen molar-refractivity contribution in [3.8, 4) is 0 Å². The van der Waals surface area contributed by atoms with Gasteiger partial charge in [-0.2, -0.15) is 0 Å². The monoisotopic (exact) mass is 256 g/mol. The van der Waals surface area contributed by atoms with Crippen molar-refractivity contribution in [2.24, 2.45) is 10.4 Å². The van der Waals surface area contributed by atoms with E-state index in [1.54, 1.807) is 12.3 Å². The van der Waals surface area contributed by atoms with Crippen molar-refractivity contribution < 1.29 is 5.11 Å². The summed E-state index contributed by atoms with van der Waals surface area (Å²) >= 11 is 0. The summed E-state index contributed by atoms with van der Waals surface area (Å²) in [5.74, 6) is 0. The van der Waals surface area contributed by atoms with Gasteiger partial charge in [0, 0.05) is 6.20 Å². The minimum Gasteiger partial charge on any atom is -0.383 e. The summed E-state index contributed by atoms with van der Waals surface area (Å²) in [4.78, 5) is 8.70. The molecule has 1 aromatic rings. The van der Waals surface area contributed by atoms with Gasteiger partial charge in [-0.15, -0.1) is 0 Å². The molecule has 1 aliphatic rings. The second kappa shape index (κ2) is 5.49. The number of aliphatic hydroxyl groups excluding tert-OH is 1. The quantitative estimate of drug-likeness (QED) is 0.884. The van der Waals surface area contributed by atoms with Crippen LogP contribution in [0.5, 0.6) is 0 Å². The Labute approximate surface area is 114 Å². The Balaban J connectivity index is 2.19. The Morgan fingerprint density at radius 3 is 2.74 bits per heavy atom. The van der Waals surface area contributed by atoms with E-state index in [1.807, 2.05) is 30.4 Å². The third-order valence-electron chi connectivity index (χ3n) is 3.08. The van der Waals surface area contributed by atoms with Crippen LogP contribution in [-0.2, 0) is 6.54 Å². The third kappa shape index (κ3) is 3.61. The largest absolute Gasteiger partial charge is 0.383 e. The average Bonchev–Trinajstić information content (AvgIpc) is 2.37. The van der Waals surface area contributed by atoms with Gasteiger partial charge in [0.1, 0.15) is 6.10 Å². The van der Waals surface area contributed by atoms with Crippen LogP contribution in [0.4, 0.5) is 0 Å². The maximum absolute atomic E-state index is 9.95. The van der Waals surface area contributed by atoms with E-state index in [0.717, 1.165) is 5.69 Å². The zero-order valence-electron chi connectivity index (χ0n) is 11.7. The van der Waals surface area contributed by atoms with Crippen LogP contribution in [0.3, 0.4) is 0 Å². The SMILES string of the molecule is CC(C)(C)C1=C/C(=N\Cc2ccccn2)C(O)C=C1. The molecule has 1 unspecified atom stereocenters. The van der Waals surface area contributed by atoms with E-state index in [2.05, 4.69) is 30.7 Å². The lowest BCUT2D eigenvalue weighted by Crippen LogP contribution is -2.22. The molecule has 0 amide bonds. The second-order valence-electron chi connectivity index (χ2n) is 5.72. The van der Waals surface area contributed by atoms with Crippen molar-refractivity contribution in [1.29, 1.82) is 0 Å². The molecule has 3 heteroatoms. The van der Waals surface area contributed by atoms with Gasteiger partial charge in [0.25, 0.3) is 0 Å². The molecule has 1 aliphatic carbocycles. The fraction of sp³-hybridized carbons (Fsp3) is 0.375. The van der Waals surface area contributed by atoms with Crippen molar-refractivity contribution >= 4 is 5.71 Å². The molecule has 0 saturated heterocycles. The highest BCUT2D eigenvalue weighted by Gasteiger charge is 2.20. The van der Waals surface area contributed by atoms with Crippen molar-refractivity contribution in [2.45, 2.75) is 33.4 Å². The van der Waals surface area contributed by atoms with Gasteiger partial charge >= 0.3 is 0 Å². The summed E-state index contributed by atoms with van der Waals surface area (Å²) in [7, 11) is 0. The predicted molar refractivity (Wildman–Crippen MR) is 78.1 cm³/mol. The van der Waals surface area contributed by atoms with E-state index >= 15 is 0 Å². The van der Waals surface area contributed by atoms with Crippen LogP contribution in [0.15, 0.2) is 53.2 Å². The van der Waals surface area contributed by atoms with Crippen LogP contribution < -0.4 is 0 Å². The van der Waals surface area contributed by atoms with E-state index in [-0.39, 0.29) is 5.41 Å². The normalized spacial score (nSPS) is 21.6. The molecule has 1 N–H and O–H groups in total. The van der Waals surface area contributed by atoms with E-state index in [4.69, 9.17) is 0 Å². The van der Waals surface area contributed by atoms with Gasteiger partial charge in [0.15, 0.2) is 0 Å². The summed E-state index contributed by atoms with van der Waals surface area (Å²) in [5.41, 5.74) is 2.85. The first-order chi connectivity index (χ1) is 8.97. The fourth-order valence-electron chi connectivity index (χ4n) is 1.86. The number of aromatic nitrogens is 1. The van der Waals surface area contributed by atoms with E-state index in [9.17, 15) is 5.11 Å². The molecule has 0 aromatic carbocycles. The molecule has 0 aliphatic heterocycles. The van der Waals surface area contributed by atoms with Crippen LogP contribution in [-0.4, -0.2) is 21.9 Å². The van der Waals surface area contributed by atoms with E-state index < -0.39 is 6.10 Å². The van der Waals surface area contributed by atoms with Gasteiger partial charge in [-0.1, -0.05) is 32.9 Å². The zero-order valence-corrected chi connectivity index (χ0v) is 11.7. The predicted octanol–water partition coefficient (Wildman–Crippen LogP) is 2.93. The van der Waals surface area contributed by atoms with Crippen LogP contribution >= 0.6 is 0 Å². The summed E-state index contributed by atoms with van der Waals surface area (Å²) < 4.78 is 0. The summed E-state index contributed by atoms with van der Waals surface area (Å²) in [5, 5.41) is 9.95. The molecule has 1 heterocycles. The molecule has 3 nitrogen and oxygen atoms in total. The molecule has 0 spiro atoms. The highest BCUT2D eigenvalue weighted by molar-refractivity contribution is 6.01. The Bertz CT molecular complexity index is 521. The molecule has 0 bridgehead atoms. The van der Waals surface area contributed by atoms with Gasteiger partial charge in [-0.3, -0.25) is 9.98 Å². The lowest BCUT2D eigenvalue weighted by atomic mass is 9.83. The fourth-order valence-corrected chi connectivity index (χ4v) is 1.86. The lowest BCUT2D eigenvalue weighted by molar-refractivity contribution is 0.288. The van der Waals surface area contributed by atoms with Crippen molar-refractivity contribution in [1.82, 2.24) is 4.98 Å². The first-order valence-corrected chi connectivity index (χ1v) is 6.49. The van der Waals surface area contributed by atoms with E-state index in [1.165, 1.54) is 5.57 Å². The van der Waals surface area contributed by atoms with Gasteiger partial charge in [0.05, 0.1) is 18.0 Å². The number of pyridine rings is 1. The van der Waals surface area contributed by atoms with Gasteiger partial charge in [-0.25, -0.2) is 0 Å². The molecule has 0 saturated carbocycles. The minimum atomic E-state index is -0.616. The molecule has 1 atom stereocenters. The van der Waals surface area contributed by atoms with Crippen LogP contribution in [0.2, 0.25) is 0 Å². The lowest BCUT2D eigenvalue weighted by Gasteiger charge is -2.24. The van der Waals surface area contributed by atoms with Crippen molar-refractivity contribution in [3.63, 3.8) is 0 Å². The highest BCUT2D eigenvalue weighted by Crippen LogP contribution is 2.28. The number of hydrogen-bond acceptors (Lipinski definition) is 3. The molecule has 2 rings (SSSR count). The Kier molecular flexibility index (Phi) is 3.96. The second-order valence-corrected chi connectivity index (χ2v) is 5.72. The highest BCUT2D eigenvalue weighted by atomic mass is 16.3. The van der Waals surface area contributed by atoms with Crippen LogP contribution in [0.1, 0.15) is 26.5 Å². The summed E-state index contributed by atoms with van der Waals surface area (Å²) in [6.45, 7) is 6.95. The Morgan fingerprint density at radius 2 is 2.11 bits per heavy atom. The van der Waals surface area contributed by atoms with Gasteiger partial charge in [0.2, 0.25) is 0 Å². The number of aliphatic imine (C=N–C) groups is 1. The molecule has 1 aromatic heterocycles. The minimum absolute atomic E-state index is 0.0579. The molecule has 19 heavy (non-hydrogen) atoms. The number of rotatable bonds is 2. The number of aliphatic hydroxyl groups is 1. The molecular formula is C16H20N2O. The first kappa shape index (κ1) is 13.7. The molecule has 100 valence electrons. The van der Waals surface area contributed by atoms with Crippen LogP contribution in [0, 0.1) is 5.41 Å². The summed E-state index contributed by atoms with van der Waals surface area (Å²) in [6.07, 6.45) is 6.88. The molecule has 0 fully saturated rings. The maximum atomic E-state index is 9.95. The van der Waals surface area contributed by atoms with Gasteiger partial charge < -0.3 is 5.11 Å². The average molecular weight is 256 g/mol. The zero-order chi connectivity index (χ0) is 13.9. The third-order valence-corrected chi connectivity index (χ3v) is 3.08. The van der Waals surface area contributed by atoms with Gasteiger partial charge in [-0.05, 0) is 35.3 Å². The Hall–Kier alpha value is -1.74. The standard InChI is InChI=1S/C16H20N2O/c1-16(2,3)12-7-8-15(19)14(10-12)18-11-13-6-4-5-9-17-13/h4-10,15,19H,11H2,1-3H3/b18-14+. The Morgan fingerprint density at radius 1 is 1.32 bits per heavy atom. The molecular weight excluding hydrogens is 236 g/mol. The smallest absolute Gasteiger partial charge is 0.114 e. The van der Waals surface area contributed by atoms with Crippen molar-refractivity contribution in [2.75, 3.05) is 0 Å². The topological polar surface area (TPSA) is 45.5 Å². The number of nitrogens with zero attached hydrogens (tertiary/aromatic N) is 2. The summed E-state index contributed by atoms with van der Waals surface area (Å²) in [6, 6.07) is 5.76. The maximum Gasteiger partial charge on any atom is 0.114 e.